The van der Waals surface area contributed by atoms with Crippen LogP contribution in [0, 0.1) is 11.8 Å². The minimum atomic E-state index is 0.362. The fourth-order valence-corrected chi connectivity index (χ4v) is 3.44. The van der Waals surface area contributed by atoms with Gasteiger partial charge in [-0.3, -0.25) is 0 Å². The zero-order valence-corrected chi connectivity index (χ0v) is 12.6. The van der Waals surface area contributed by atoms with Crippen LogP contribution in [0.2, 0.25) is 5.02 Å². The minimum Gasteiger partial charge on any atom is -0.496 e. The smallest absolute Gasteiger partial charge is 0.122 e. The molecule has 1 aromatic rings. The average molecular weight is 282 g/mol. The summed E-state index contributed by atoms with van der Waals surface area (Å²) in [6.07, 6.45) is 5.14. The van der Waals surface area contributed by atoms with Crippen molar-refractivity contribution in [2.75, 3.05) is 13.7 Å². The van der Waals surface area contributed by atoms with E-state index in [9.17, 15) is 0 Å². The molecule has 1 aliphatic carbocycles. The summed E-state index contributed by atoms with van der Waals surface area (Å²) < 4.78 is 5.48. The summed E-state index contributed by atoms with van der Waals surface area (Å²) in [6.45, 7) is 3.00. The van der Waals surface area contributed by atoms with Crippen molar-refractivity contribution in [2.45, 2.75) is 38.5 Å². The molecule has 0 bridgehead atoms. The third kappa shape index (κ3) is 3.43. The van der Waals surface area contributed by atoms with Crippen LogP contribution in [-0.2, 0) is 0 Å². The number of benzene rings is 1. The maximum Gasteiger partial charge on any atom is 0.122 e. The van der Waals surface area contributed by atoms with Gasteiger partial charge in [0.15, 0.2) is 0 Å². The minimum absolute atomic E-state index is 0.362. The molecule has 19 heavy (non-hydrogen) atoms. The van der Waals surface area contributed by atoms with Crippen LogP contribution in [0.25, 0.3) is 0 Å². The van der Waals surface area contributed by atoms with E-state index in [-0.39, 0.29) is 0 Å². The van der Waals surface area contributed by atoms with E-state index in [1.165, 1.54) is 31.2 Å². The maximum atomic E-state index is 6.14. The molecule has 1 unspecified atom stereocenters. The van der Waals surface area contributed by atoms with Gasteiger partial charge < -0.3 is 10.5 Å². The van der Waals surface area contributed by atoms with Gasteiger partial charge in [0.25, 0.3) is 0 Å². The molecule has 2 N–H and O–H groups in total. The van der Waals surface area contributed by atoms with E-state index in [0.29, 0.717) is 18.4 Å². The van der Waals surface area contributed by atoms with E-state index in [1.807, 2.05) is 18.2 Å². The summed E-state index contributed by atoms with van der Waals surface area (Å²) in [5.41, 5.74) is 7.22. The maximum absolute atomic E-state index is 6.14. The number of methoxy groups -OCH3 is 1. The zero-order chi connectivity index (χ0) is 13.8. The largest absolute Gasteiger partial charge is 0.496 e. The molecule has 0 saturated heterocycles. The first-order valence-electron chi connectivity index (χ1n) is 7.19. The predicted molar refractivity (Wildman–Crippen MR) is 80.9 cm³/mol. The lowest BCUT2D eigenvalue weighted by Gasteiger charge is -2.33. The van der Waals surface area contributed by atoms with Crippen LogP contribution in [0.4, 0.5) is 0 Å². The molecule has 0 heterocycles. The first kappa shape index (κ1) is 14.7. The third-order valence-electron chi connectivity index (χ3n) is 4.47. The SMILES string of the molecule is COc1ccc(Cl)cc1C(CN)C1CCC(C)CC1. The van der Waals surface area contributed by atoms with Gasteiger partial charge in [0.05, 0.1) is 7.11 Å². The van der Waals surface area contributed by atoms with Gasteiger partial charge in [-0.05, 0) is 49.4 Å². The van der Waals surface area contributed by atoms with E-state index < -0.39 is 0 Å². The second-order valence-electron chi connectivity index (χ2n) is 5.75. The summed E-state index contributed by atoms with van der Waals surface area (Å²) in [4.78, 5) is 0. The van der Waals surface area contributed by atoms with Gasteiger partial charge in [-0.25, -0.2) is 0 Å². The molecule has 0 spiro atoms. The lowest BCUT2D eigenvalue weighted by Crippen LogP contribution is -2.25. The fourth-order valence-electron chi connectivity index (χ4n) is 3.26. The Kier molecular flexibility index (Phi) is 5.12. The van der Waals surface area contributed by atoms with Gasteiger partial charge in [0.1, 0.15) is 5.75 Å². The first-order valence-corrected chi connectivity index (χ1v) is 7.57. The topological polar surface area (TPSA) is 35.2 Å². The van der Waals surface area contributed by atoms with E-state index in [0.717, 1.165) is 16.7 Å². The molecule has 0 aromatic heterocycles. The van der Waals surface area contributed by atoms with Crippen molar-refractivity contribution in [3.8, 4) is 5.75 Å². The Balaban J connectivity index is 2.23. The summed E-state index contributed by atoms with van der Waals surface area (Å²) in [7, 11) is 1.71. The quantitative estimate of drug-likeness (QED) is 0.897. The van der Waals surface area contributed by atoms with Crippen LogP contribution >= 0.6 is 11.6 Å². The van der Waals surface area contributed by atoms with Crippen molar-refractivity contribution < 1.29 is 4.74 Å². The monoisotopic (exact) mass is 281 g/mol. The van der Waals surface area contributed by atoms with Crippen LogP contribution in [-0.4, -0.2) is 13.7 Å². The predicted octanol–water partition coefficient (Wildman–Crippen LogP) is 4.22. The van der Waals surface area contributed by atoms with Crippen molar-refractivity contribution in [1.29, 1.82) is 0 Å². The molecule has 2 nitrogen and oxygen atoms in total. The molecule has 0 amide bonds. The molecule has 0 radical (unpaired) electrons. The zero-order valence-electron chi connectivity index (χ0n) is 11.9. The van der Waals surface area contributed by atoms with Crippen molar-refractivity contribution in [3.63, 3.8) is 0 Å². The van der Waals surface area contributed by atoms with Crippen LogP contribution in [0.1, 0.15) is 44.1 Å². The summed E-state index contributed by atoms with van der Waals surface area (Å²) in [6, 6.07) is 5.85. The van der Waals surface area contributed by atoms with Gasteiger partial charge in [0, 0.05) is 16.5 Å². The number of rotatable bonds is 4. The van der Waals surface area contributed by atoms with Gasteiger partial charge in [-0.1, -0.05) is 31.4 Å². The molecule has 1 atom stereocenters. The summed E-state index contributed by atoms with van der Waals surface area (Å²) >= 11 is 6.14. The number of ether oxygens (including phenoxy) is 1. The highest BCUT2D eigenvalue weighted by Crippen LogP contribution is 2.41. The second kappa shape index (κ2) is 6.62. The third-order valence-corrected chi connectivity index (χ3v) is 4.71. The molecular weight excluding hydrogens is 258 g/mol. The van der Waals surface area contributed by atoms with Gasteiger partial charge in [0.2, 0.25) is 0 Å². The highest BCUT2D eigenvalue weighted by molar-refractivity contribution is 6.30. The number of halogens is 1. The molecule has 3 heteroatoms. The lowest BCUT2D eigenvalue weighted by atomic mass is 9.74. The molecule has 106 valence electrons. The Morgan fingerprint density at radius 1 is 1.32 bits per heavy atom. The summed E-state index contributed by atoms with van der Waals surface area (Å²) in [5, 5.41) is 0.762. The second-order valence-corrected chi connectivity index (χ2v) is 6.18. The van der Waals surface area contributed by atoms with Crippen LogP contribution in [0.5, 0.6) is 5.75 Å². The first-order chi connectivity index (χ1) is 9.15. The Bertz CT molecular complexity index is 413. The number of nitrogens with two attached hydrogens (primary N) is 1. The molecule has 1 aromatic carbocycles. The average Bonchev–Trinajstić information content (AvgIpc) is 2.42. The van der Waals surface area contributed by atoms with Crippen molar-refractivity contribution in [2.24, 2.45) is 17.6 Å². The molecule has 1 fully saturated rings. The Hall–Kier alpha value is -0.730. The van der Waals surface area contributed by atoms with Gasteiger partial charge in [-0.15, -0.1) is 0 Å². The van der Waals surface area contributed by atoms with E-state index >= 15 is 0 Å². The van der Waals surface area contributed by atoms with Crippen molar-refractivity contribution >= 4 is 11.6 Å². The molecule has 0 aliphatic heterocycles. The van der Waals surface area contributed by atoms with E-state index in [2.05, 4.69) is 6.92 Å². The highest BCUT2D eigenvalue weighted by atomic mass is 35.5. The Labute approximate surface area is 121 Å². The molecule has 1 aliphatic rings. The number of hydrogen-bond acceptors (Lipinski definition) is 2. The summed E-state index contributed by atoms with van der Waals surface area (Å²) in [5.74, 6) is 2.80. The lowest BCUT2D eigenvalue weighted by molar-refractivity contribution is 0.252. The normalized spacial score (nSPS) is 25.1. The standard InChI is InChI=1S/C16H24ClNO/c1-11-3-5-12(6-4-11)15(10-18)14-9-13(17)7-8-16(14)19-2/h7-9,11-12,15H,3-6,10,18H2,1-2H3. The van der Waals surface area contributed by atoms with Gasteiger partial charge in [-0.2, -0.15) is 0 Å². The number of hydrogen-bond donors (Lipinski definition) is 1. The van der Waals surface area contributed by atoms with Crippen LogP contribution < -0.4 is 10.5 Å². The van der Waals surface area contributed by atoms with E-state index in [4.69, 9.17) is 22.1 Å². The van der Waals surface area contributed by atoms with E-state index in [1.54, 1.807) is 7.11 Å². The highest BCUT2D eigenvalue weighted by Gasteiger charge is 2.28. The molecule has 2 rings (SSSR count). The van der Waals surface area contributed by atoms with Crippen molar-refractivity contribution in [3.05, 3.63) is 28.8 Å². The van der Waals surface area contributed by atoms with Crippen LogP contribution in [0.3, 0.4) is 0 Å². The Morgan fingerprint density at radius 2 is 2.00 bits per heavy atom. The fraction of sp³-hybridized carbons (Fsp3) is 0.625. The van der Waals surface area contributed by atoms with Gasteiger partial charge >= 0.3 is 0 Å². The Morgan fingerprint density at radius 3 is 2.58 bits per heavy atom. The molecule has 1 saturated carbocycles. The molecular formula is C16H24ClNO. The van der Waals surface area contributed by atoms with Crippen molar-refractivity contribution in [1.82, 2.24) is 0 Å². The van der Waals surface area contributed by atoms with Crippen LogP contribution in [0.15, 0.2) is 18.2 Å².